The summed E-state index contributed by atoms with van der Waals surface area (Å²) < 4.78 is 0. The lowest BCUT2D eigenvalue weighted by atomic mass is 10.2. The van der Waals surface area contributed by atoms with Gasteiger partial charge in [-0.15, -0.1) is 0 Å². The van der Waals surface area contributed by atoms with Gasteiger partial charge in [-0.2, -0.15) is 0 Å². The summed E-state index contributed by atoms with van der Waals surface area (Å²) in [5.74, 6) is 0.119. The minimum atomic E-state index is -0.188. The Morgan fingerprint density at radius 2 is 1.94 bits per heavy atom. The van der Waals surface area contributed by atoms with Crippen molar-refractivity contribution < 1.29 is 4.79 Å². The SMILES string of the molecule is CC(=O)Nc1nccc(-c2ccncc2)n1. The zero-order valence-corrected chi connectivity index (χ0v) is 8.71. The fraction of sp³-hybridized carbons (Fsp3) is 0.0909. The molecular formula is C11H10N4O. The molecule has 0 spiro atoms. The third-order valence-electron chi connectivity index (χ3n) is 1.92. The van der Waals surface area contributed by atoms with Crippen molar-refractivity contribution in [1.29, 1.82) is 0 Å². The van der Waals surface area contributed by atoms with Gasteiger partial charge < -0.3 is 0 Å². The largest absolute Gasteiger partial charge is 0.295 e. The zero-order valence-electron chi connectivity index (χ0n) is 8.71. The smallest absolute Gasteiger partial charge is 0.229 e. The number of hydrogen-bond acceptors (Lipinski definition) is 4. The molecule has 5 nitrogen and oxygen atoms in total. The summed E-state index contributed by atoms with van der Waals surface area (Å²) in [6.07, 6.45) is 4.99. The number of aromatic nitrogens is 3. The summed E-state index contributed by atoms with van der Waals surface area (Å²) in [4.78, 5) is 22.9. The second kappa shape index (κ2) is 4.48. The van der Waals surface area contributed by atoms with Crippen molar-refractivity contribution in [3.8, 4) is 11.3 Å². The molecular weight excluding hydrogens is 204 g/mol. The molecule has 0 fully saturated rings. The van der Waals surface area contributed by atoms with Crippen LogP contribution in [0, 0.1) is 0 Å². The van der Waals surface area contributed by atoms with E-state index in [0.717, 1.165) is 11.3 Å². The molecule has 80 valence electrons. The lowest BCUT2D eigenvalue weighted by molar-refractivity contribution is -0.114. The van der Waals surface area contributed by atoms with Gasteiger partial charge in [0.1, 0.15) is 0 Å². The predicted octanol–water partition coefficient (Wildman–Crippen LogP) is 1.50. The Hall–Kier alpha value is -2.30. The summed E-state index contributed by atoms with van der Waals surface area (Å²) >= 11 is 0. The Balaban J connectivity index is 2.33. The lowest BCUT2D eigenvalue weighted by Crippen LogP contribution is -2.09. The van der Waals surface area contributed by atoms with Gasteiger partial charge in [0, 0.05) is 31.1 Å². The first-order valence-electron chi connectivity index (χ1n) is 4.77. The van der Waals surface area contributed by atoms with E-state index in [4.69, 9.17) is 0 Å². The van der Waals surface area contributed by atoms with Gasteiger partial charge in [-0.1, -0.05) is 0 Å². The Labute approximate surface area is 92.6 Å². The molecule has 0 bridgehead atoms. The number of rotatable bonds is 2. The molecule has 2 aromatic heterocycles. The summed E-state index contributed by atoms with van der Waals surface area (Å²) in [5.41, 5.74) is 1.69. The van der Waals surface area contributed by atoms with E-state index < -0.39 is 0 Å². The van der Waals surface area contributed by atoms with Crippen molar-refractivity contribution in [2.24, 2.45) is 0 Å². The van der Waals surface area contributed by atoms with Crippen molar-refractivity contribution in [2.75, 3.05) is 5.32 Å². The summed E-state index contributed by atoms with van der Waals surface area (Å²) in [5, 5.41) is 2.54. The molecule has 0 radical (unpaired) electrons. The van der Waals surface area contributed by atoms with E-state index in [-0.39, 0.29) is 5.91 Å². The van der Waals surface area contributed by atoms with Gasteiger partial charge in [-0.05, 0) is 18.2 Å². The zero-order chi connectivity index (χ0) is 11.4. The third-order valence-corrected chi connectivity index (χ3v) is 1.92. The second-order valence-electron chi connectivity index (χ2n) is 3.18. The molecule has 0 aromatic carbocycles. The van der Waals surface area contributed by atoms with E-state index in [1.54, 1.807) is 24.7 Å². The first-order valence-corrected chi connectivity index (χ1v) is 4.77. The van der Waals surface area contributed by atoms with Crippen LogP contribution in [0.1, 0.15) is 6.92 Å². The van der Waals surface area contributed by atoms with Crippen LogP contribution in [0.2, 0.25) is 0 Å². The van der Waals surface area contributed by atoms with E-state index in [2.05, 4.69) is 20.3 Å². The number of nitrogens with one attached hydrogen (secondary N) is 1. The maximum atomic E-state index is 10.9. The molecule has 2 heterocycles. The van der Waals surface area contributed by atoms with Crippen LogP contribution in [0.3, 0.4) is 0 Å². The van der Waals surface area contributed by atoms with Crippen molar-refractivity contribution >= 4 is 11.9 Å². The minimum Gasteiger partial charge on any atom is -0.295 e. The monoisotopic (exact) mass is 214 g/mol. The summed E-state index contributed by atoms with van der Waals surface area (Å²) in [6.45, 7) is 1.42. The maximum absolute atomic E-state index is 10.9. The Morgan fingerprint density at radius 1 is 1.19 bits per heavy atom. The van der Waals surface area contributed by atoms with E-state index in [1.165, 1.54) is 6.92 Å². The molecule has 0 saturated heterocycles. The highest BCUT2D eigenvalue weighted by atomic mass is 16.1. The van der Waals surface area contributed by atoms with Gasteiger partial charge in [0.05, 0.1) is 5.69 Å². The quantitative estimate of drug-likeness (QED) is 0.822. The molecule has 0 aliphatic heterocycles. The second-order valence-corrected chi connectivity index (χ2v) is 3.18. The average molecular weight is 214 g/mol. The maximum Gasteiger partial charge on any atom is 0.229 e. The molecule has 0 atom stereocenters. The van der Waals surface area contributed by atoms with Crippen molar-refractivity contribution in [3.63, 3.8) is 0 Å². The molecule has 1 amide bonds. The number of amides is 1. The van der Waals surface area contributed by atoms with E-state index in [9.17, 15) is 4.79 Å². The van der Waals surface area contributed by atoms with Crippen LogP contribution in [0.15, 0.2) is 36.8 Å². The van der Waals surface area contributed by atoms with Gasteiger partial charge in [0.25, 0.3) is 0 Å². The molecule has 5 heteroatoms. The fourth-order valence-corrected chi connectivity index (χ4v) is 1.26. The number of carbonyl (C=O) groups is 1. The van der Waals surface area contributed by atoms with Gasteiger partial charge in [-0.3, -0.25) is 15.1 Å². The third kappa shape index (κ3) is 2.38. The average Bonchev–Trinajstić information content (AvgIpc) is 2.30. The van der Waals surface area contributed by atoms with Gasteiger partial charge in [0.2, 0.25) is 11.9 Å². The van der Waals surface area contributed by atoms with E-state index >= 15 is 0 Å². The topological polar surface area (TPSA) is 67.8 Å². The van der Waals surface area contributed by atoms with E-state index in [0.29, 0.717) is 5.95 Å². The molecule has 0 unspecified atom stereocenters. The fourth-order valence-electron chi connectivity index (χ4n) is 1.26. The number of carbonyl (C=O) groups excluding carboxylic acids is 1. The molecule has 1 N–H and O–H groups in total. The Bertz CT molecular complexity index is 498. The van der Waals surface area contributed by atoms with Crippen LogP contribution in [0.25, 0.3) is 11.3 Å². The molecule has 2 rings (SSSR count). The van der Waals surface area contributed by atoms with Crippen LogP contribution >= 0.6 is 0 Å². The number of hydrogen-bond donors (Lipinski definition) is 1. The van der Waals surface area contributed by atoms with Crippen molar-refractivity contribution in [2.45, 2.75) is 6.92 Å². The van der Waals surface area contributed by atoms with Crippen molar-refractivity contribution in [1.82, 2.24) is 15.0 Å². The first-order chi connectivity index (χ1) is 7.75. The highest BCUT2D eigenvalue weighted by Gasteiger charge is 2.02. The Morgan fingerprint density at radius 3 is 2.62 bits per heavy atom. The molecule has 2 aromatic rings. The standard InChI is InChI=1S/C11H10N4O/c1-8(16)14-11-13-7-4-10(15-11)9-2-5-12-6-3-9/h2-7H,1H3,(H,13,14,15,16). The summed E-state index contributed by atoms with van der Waals surface area (Å²) in [7, 11) is 0. The van der Waals surface area contributed by atoms with Crippen LogP contribution in [-0.4, -0.2) is 20.9 Å². The van der Waals surface area contributed by atoms with E-state index in [1.807, 2.05) is 12.1 Å². The highest BCUT2D eigenvalue weighted by molar-refractivity contribution is 5.86. The van der Waals surface area contributed by atoms with Gasteiger partial charge in [-0.25, -0.2) is 9.97 Å². The number of anilines is 1. The van der Waals surface area contributed by atoms with Crippen LogP contribution in [0.5, 0.6) is 0 Å². The number of pyridine rings is 1. The lowest BCUT2D eigenvalue weighted by Gasteiger charge is -2.03. The predicted molar refractivity (Wildman–Crippen MR) is 59.6 cm³/mol. The normalized spacial score (nSPS) is 9.81. The Kier molecular flexibility index (Phi) is 2.86. The molecule has 0 aliphatic rings. The van der Waals surface area contributed by atoms with Gasteiger partial charge in [0.15, 0.2) is 0 Å². The highest BCUT2D eigenvalue weighted by Crippen LogP contribution is 2.15. The van der Waals surface area contributed by atoms with Gasteiger partial charge >= 0.3 is 0 Å². The first kappa shape index (κ1) is 10.2. The van der Waals surface area contributed by atoms with Crippen LogP contribution < -0.4 is 5.32 Å². The minimum absolute atomic E-state index is 0.188. The molecule has 16 heavy (non-hydrogen) atoms. The van der Waals surface area contributed by atoms with Crippen molar-refractivity contribution in [3.05, 3.63) is 36.8 Å². The molecule has 0 saturated carbocycles. The molecule has 0 aliphatic carbocycles. The van der Waals surface area contributed by atoms with Crippen LogP contribution in [-0.2, 0) is 4.79 Å². The summed E-state index contributed by atoms with van der Waals surface area (Å²) in [6, 6.07) is 5.47. The number of nitrogens with zero attached hydrogens (tertiary/aromatic N) is 3. The van der Waals surface area contributed by atoms with Crippen LogP contribution in [0.4, 0.5) is 5.95 Å².